The lowest BCUT2D eigenvalue weighted by molar-refractivity contribution is -0.384. The molecule has 0 bridgehead atoms. The van der Waals surface area contributed by atoms with Crippen molar-refractivity contribution in [3.05, 3.63) is 70.8 Å². The number of carbonyl (C=O) groups is 1. The summed E-state index contributed by atoms with van der Waals surface area (Å²) in [6, 6.07) is 10.7. The topological polar surface area (TPSA) is 90.7 Å². The summed E-state index contributed by atoms with van der Waals surface area (Å²) in [5.74, 6) is 0.360. The molecule has 1 amide bonds. The summed E-state index contributed by atoms with van der Waals surface area (Å²) in [6.45, 7) is 3.87. The highest BCUT2D eigenvalue weighted by Crippen LogP contribution is 2.29. The van der Waals surface area contributed by atoms with Gasteiger partial charge in [0.25, 0.3) is 11.6 Å². The van der Waals surface area contributed by atoms with Gasteiger partial charge in [-0.3, -0.25) is 14.9 Å². The molecule has 2 aromatic carbocycles. The normalized spacial score (nSPS) is 9.88. The highest BCUT2D eigenvalue weighted by Gasteiger charge is 2.18. The standard InChI is InChI=1S/C17H16N2O5/c1-3-9-24-14-6-4-5-12(10-14)17(20)18-15-8-7-13(23-2)11-16(15)19(21)22/h3-8,10-11H,1,9H2,2H3,(H,18,20). The van der Waals surface area contributed by atoms with Gasteiger partial charge in [-0.2, -0.15) is 0 Å². The van der Waals surface area contributed by atoms with Crippen molar-refractivity contribution in [3.8, 4) is 11.5 Å². The number of rotatable bonds is 7. The number of ether oxygens (including phenoxy) is 2. The fraction of sp³-hybridized carbons (Fsp3) is 0.118. The third-order valence-corrected chi connectivity index (χ3v) is 3.11. The Morgan fingerprint density at radius 2 is 2.08 bits per heavy atom. The van der Waals surface area contributed by atoms with Crippen LogP contribution in [0.1, 0.15) is 10.4 Å². The molecule has 0 fully saturated rings. The Labute approximate surface area is 138 Å². The van der Waals surface area contributed by atoms with Gasteiger partial charge >= 0.3 is 0 Å². The maximum Gasteiger partial charge on any atom is 0.296 e. The van der Waals surface area contributed by atoms with Crippen molar-refractivity contribution >= 4 is 17.3 Å². The summed E-state index contributed by atoms with van der Waals surface area (Å²) in [5, 5.41) is 13.7. The number of hydrogen-bond acceptors (Lipinski definition) is 5. The van der Waals surface area contributed by atoms with Crippen LogP contribution in [0.15, 0.2) is 55.1 Å². The van der Waals surface area contributed by atoms with Crippen LogP contribution in [0.3, 0.4) is 0 Å². The van der Waals surface area contributed by atoms with Crippen molar-refractivity contribution in [3.63, 3.8) is 0 Å². The fourth-order valence-electron chi connectivity index (χ4n) is 1.97. The highest BCUT2D eigenvalue weighted by molar-refractivity contribution is 6.05. The van der Waals surface area contributed by atoms with Gasteiger partial charge in [-0.05, 0) is 30.3 Å². The minimum absolute atomic E-state index is 0.0863. The average molecular weight is 328 g/mol. The van der Waals surface area contributed by atoms with E-state index in [9.17, 15) is 14.9 Å². The van der Waals surface area contributed by atoms with E-state index in [-0.39, 0.29) is 11.4 Å². The first kappa shape index (κ1) is 17.0. The van der Waals surface area contributed by atoms with Gasteiger partial charge in [0.05, 0.1) is 18.1 Å². The number of carbonyl (C=O) groups excluding carboxylic acids is 1. The summed E-state index contributed by atoms with van der Waals surface area (Å²) in [7, 11) is 1.41. The molecule has 0 saturated heterocycles. The lowest BCUT2D eigenvalue weighted by Gasteiger charge is -2.09. The Kier molecular flexibility index (Phi) is 5.51. The number of nitrogens with zero attached hydrogens (tertiary/aromatic N) is 1. The molecule has 2 aromatic rings. The monoisotopic (exact) mass is 328 g/mol. The van der Waals surface area contributed by atoms with Crippen LogP contribution in [0.5, 0.6) is 11.5 Å². The van der Waals surface area contributed by atoms with Gasteiger partial charge < -0.3 is 14.8 Å². The van der Waals surface area contributed by atoms with E-state index >= 15 is 0 Å². The minimum atomic E-state index is -0.582. The van der Waals surface area contributed by atoms with E-state index in [2.05, 4.69) is 11.9 Å². The third-order valence-electron chi connectivity index (χ3n) is 3.11. The molecule has 0 atom stereocenters. The first-order valence-corrected chi connectivity index (χ1v) is 7.02. The lowest BCUT2D eigenvalue weighted by atomic mass is 10.2. The van der Waals surface area contributed by atoms with Gasteiger partial charge in [-0.15, -0.1) is 0 Å². The van der Waals surface area contributed by atoms with Crippen LogP contribution in [-0.2, 0) is 0 Å². The molecule has 0 aliphatic heterocycles. The fourth-order valence-corrected chi connectivity index (χ4v) is 1.97. The molecule has 0 radical (unpaired) electrons. The van der Waals surface area contributed by atoms with Gasteiger partial charge in [0, 0.05) is 5.56 Å². The van der Waals surface area contributed by atoms with Gasteiger partial charge in [0.2, 0.25) is 0 Å². The zero-order valence-corrected chi connectivity index (χ0v) is 13.0. The summed E-state index contributed by atoms with van der Waals surface area (Å²) >= 11 is 0. The summed E-state index contributed by atoms with van der Waals surface area (Å²) in [5.41, 5.74) is 0.159. The number of nitrogens with one attached hydrogen (secondary N) is 1. The van der Waals surface area contributed by atoms with E-state index in [1.165, 1.54) is 25.3 Å². The van der Waals surface area contributed by atoms with Gasteiger partial charge in [-0.25, -0.2) is 0 Å². The third kappa shape index (κ3) is 4.10. The molecule has 7 nitrogen and oxygen atoms in total. The molecule has 0 saturated carbocycles. The second kappa shape index (κ2) is 7.77. The molecule has 24 heavy (non-hydrogen) atoms. The van der Waals surface area contributed by atoms with Crippen LogP contribution < -0.4 is 14.8 Å². The second-order valence-corrected chi connectivity index (χ2v) is 4.72. The van der Waals surface area contributed by atoms with E-state index in [1.54, 1.807) is 30.3 Å². The largest absolute Gasteiger partial charge is 0.496 e. The quantitative estimate of drug-likeness (QED) is 0.478. The van der Waals surface area contributed by atoms with Crippen molar-refractivity contribution in [2.24, 2.45) is 0 Å². The van der Waals surface area contributed by atoms with Gasteiger partial charge in [0.1, 0.15) is 23.8 Å². The predicted molar refractivity (Wildman–Crippen MR) is 89.7 cm³/mol. The highest BCUT2D eigenvalue weighted by atomic mass is 16.6. The van der Waals surface area contributed by atoms with E-state index in [0.29, 0.717) is 23.7 Å². The molecular weight excluding hydrogens is 312 g/mol. The van der Waals surface area contributed by atoms with Gasteiger partial charge in [0.15, 0.2) is 0 Å². The molecule has 0 aromatic heterocycles. The molecule has 0 heterocycles. The minimum Gasteiger partial charge on any atom is -0.496 e. The number of methoxy groups -OCH3 is 1. The molecule has 0 unspecified atom stereocenters. The molecule has 0 aliphatic rings. The average Bonchev–Trinajstić information content (AvgIpc) is 2.60. The predicted octanol–water partition coefficient (Wildman–Crippen LogP) is 3.42. The SMILES string of the molecule is C=CCOc1cccc(C(=O)Nc2ccc(OC)cc2[N+](=O)[O-])c1. The molecule has 124 valence electrons. The first-order valence-electron chi connectivity index (χ1n) is 7.02. The van der Waals surface area contributed by atoms with Crippen molar-refractivity contribution < 1.29 is 19.2 Å². The summed E-state index contributed by atoms with van der Waals surface area (Å²) in [6.07, 6.45) is 1.59. The number of benzene rings is 2. The summed E-state index contributed by atoms with van der Waals surface area (Å²) < 4.78 is 10.3. The Morgan fingerprint density at radius 3 is 2.75 bits per heavy atom. The van der Waals surface area contributed by atoms with E-state index in [0.717, 1.165) is 0 Å². The molecule has 0 spiro atoms. The van der Waals surface area contributed by atoms with Crippen LogP contribution in [0, 0.1) is 10.1 Å². The Balaban J connectivity index is 2.23. The number of anilines is 1. The maximum atomic E-state index is 12.3. The molecule has 0 aliphatic carbocycles. The molecule has 1 N–H and O–H groups in total. The molecular formula is C17H16N2O5. The van der Waals surface area contributed by atoms with E-state index < -0.39 is 10.8 Å². The van der Waals surface area contributed by atoms with E-state index in [4.69, 9.17) is 9.47 Å². The van der Waals surface area contributed by atoms with Crippen molar-refractivity contribution in [2.45, 2.75) is 0 Å². The number of nitro groups is 1. The Morgan fingerprint density at radius 1 is 1.29 bits per heavy atom. The van der Waals surface area contributed by atoms with Crippen LogP contribution in [0.2, 0.25) is 0 Å². The first-order chi connectivity index (χ1) is 11.5. The number of amides is 1. The zero-order valence-electron chi connectivity index (χ0n) is 13.0. The van der Waals surface area contributed by atoms with Crippen LogP contribution >= 0.6 is 0 Å². The molecule has 2 rings (SSSR count). The second-order valence-electron chi connectivity index (χ2n) is 4.72. The molecule has 7 heteroatoms. The summed E-state index contributed by atoms with van der Waals surface area (Å²) in [4.78, 5) is 22.9. The number of hydrogen-bond donors (Lipinski definition) is 1. The smallest absolute Gasteiger partial charge is 0.296 e. The Hall–Kier alpha value is -3.35. The number of nitro benzene ring substituents is 1. The van der Waals surface area contributed by atoms with Crippen LogP contribution in [-0.4, -0.2) is 24.5 Å². The van der Waals surface area contributed by atoms with E-state index in [1.807, 2.05) is 0 Å². The van der Waals surface area contributed by atoms with Crippen molar-refractivity contribution in [1.82, 2.24) is 0 Å². The Bertz CT molecular complexity index is 773. The van der Waals surface area contributed by atoms with Crippen LogP contribution in [0.25, 0.3) is 0 Å². The van der Waals surface area contributed by atoms with Crippen molar-refractivity contribution in [1.29, 1.82) is 0 Å². The van der Waals surface area contributed by atoms with Crippen molar-refractivity contribution in [2.75, 3.05) is 19.0 Å². The lowest BCUT2D eigenvalue weighted by Crippen LogP contribution is -2.13. The zero-order chi connectivity index (χ0) is 17.5. The van der Waals surface area contributed by atoms with Gasteiger partial charge in [-0.1, -0.05) is 18.7 Å². The maximum absolute atomic E-state index is 12.3. The van der Waals surface area contributed by atoms with Crippen LogP contribution in [0.4, 0.5) is 11.4 Å².